The predicted octanol–water partition coefficient (Wildman–Crippen LogP) is 1.40. The summed E-state index contributed by atoms with van der Waals surface area (Å²) in [7, 11) is 0. The average Bonchev–Trinajstić information content (AvgIpc) is 2.92. The van der Waals surface area contributed by atoms with Crippen LogP contribution in [-0.2, 0) is 9.59 Å². The number of nitrogens with one attached hydrogen (secondary N) is 2. The molecule has 3 amide bonds. The van der Waals surface area contributed by atoms with E-state index in [2.05, 4.69) is 16.6 Å². The van der Waals surface area contributed by atoms with Crippen LogP contribution < -0.4 is 10.6 Å². The normalized spacial score (nSPS) is 16.9. The lowest BCUT2D eigenvalue weighted by molar-refractivity contribution is -0.157. The van der Waals surface area contributed by atoms with Gasteiger partial charge in [0.15, 0.2) is 0 Å². The van der Waals surface area contributed by atoms with E-state index >= 15 is 0 Å². The number of hydrogen-bond donors (Lipinski definition) is 2. The summed E-state index contributed by atoms with van der Waals surface area (Å²) in [6, 6.07) is 6.12. The Morgan fingerprint density at radius 1 is 1.31 bits per heavy atom. The first kappa shape index (κ1) is 19.3. The molecule has 138 valence electrons. The SMILES string of the molecule is C#CCNC(=O)c1ccccc1NC(=O)C1CC(=O)N(CC(F)(F)F)C1. The van der Waals surface area contributed by atoms with Gasteiger partial charge in [-0.05, 0) is 12.1 Å². The standard InChI is InChI=1S/C17H16F3N3O3/c1-2-7-21-16(26)12-5-3-4-6-13(12)22-15(25)11-8-14(24)23(9-11)10-17(18,19)20/h1,3-6,11H,7-10H2,(H,21,26)(H,22,25). The lowest BCUT2D eigenvalue weighted by Crippen LogP contribution is -2.36. The molecule has 1 atom stereocenters. The quantitative estimate of drug-likeness (QED) is 0.773. The minimum atomic E-state index is -4.53. The minimum absolute atomic E-state index is 0.00461. The van der Waals surface area contributed by atoms with E-state index in [0.717, 1.165) is 0 Å². The van der Waals surface area contributed by atoms with Gasteiger partial charge >= 0.3 is 6.18 Å². The third-order valence-electron chi connectivity index (χ3n) is 3.74. The van der Waals surface area contributed by atoms with Crippen LogP contribution in [0.5, 0.6) is 0 Å². The number of para-hydroxylation sites is 1. The molecule has 26 heavy (non-hydrogen) atoms. The number of benzene rings is 1. The predicted molar refractivity (Wildman–Crippen MR) is 87.0 cm³/mol. The molecule has 0 bridgehead atoms. The van der Waals surface area contributed by atoms with Gasteiger partial charge in [0.05, 0.1) is 23.7 Å². The highest BCUT2D eigenvalue weighted by atomic mass is 19.4. The van der Waals surface area contributed by atoms with Crippen molar-refractivity contribution in [2.75, 3.05) is 25.0 Å². The first-order valence-corrected chi connectivity index (χ1v) is 7.67. The number of nitrogens with zero attached hydrogens (tertiary/aromatic N) is 1. The fraction of sp³-hybridized carbons (Fsp3) is 0.353. The maximum Gasteiger partial charge on any atom is 0.406 e. The monoisotopic (exact) mass is 367 g/mol. The Balaban J connectivity index is 2.06. The van der Waals surface area contributed by atoms with Gasteiger partial charge in [-0.1, -0.05) is 18.1 Å². The Labute approximate surface area is 147 Å². The maximum absolute atomic E-state index is 12.4. The van der Waals surface area contributed by atoms with Crippen molar-refractivity contribution in [3.05, 3.63) is 29.8 Å². The van der Waals surface area contributed by atoms with E-state index in [9.17, 15) is 27.6 Å². The van der Waals surface area contributed by atoms with E-state index < -0.39 is 36.4 Å². The van der Waals surface area contributed by atoms with Crippen LogP contribution in [0.25, 0.3) is 0 Å². The molecule has 1 aromatic carbocycles. The van der Waals surface area contributed by atoms with Crippen LogP contribution in [0.3, 0.4) is 0 Å². The molecule has 1 fully saturated rings. The van der Waals surface area contributed by atoms with E-state index in [1.165, 1.54) is 12.1 Å². The summed E-state index contributed by atoms with van der Waals surface area (Å²) >= 11 is 0. The number of carbonyl (C=O) groups is 3. The Kier molecular flexibility index (Phi) is 5.87. The van der Waals surface area contributed by atoms with Crippen molar-refractivity contribution in [1.82, 2.24) is 10.2 Å². The Morgan fingerprint density at radius 2 is 2.00 bits per heavy atom. The fourth-order valence-electron chi connectivity index (χ4n) is 2.57. The molecule has 0 radical (unpaired) electrons. The Morgan fingerprint density at radius 3 is 2.65 bits per heavy atom. The largest absolute Gasteiger partial charge is 0.406 e. The summed E-state index contributed by atoms with van der Waals surface area (Å²) < 4.78 is 37.3. The third-order valence-corrected chi connectivity index (χ3v) is 3.74. The van der Waals surface area contributed by atoms with Crippen molar-refractivity contribution < 1.29 is 27.6 Å². The zero-order chi connectivity index (χ0) is 19.3. The summed E-state index contributed by atoms with van der Waals surface area (Å²) in [6.07, 6.45) is 0.238. The van der Waals surface area contributed by atoms with E-state index in [-0.39, 0.29) is 30.8 Å². The highest BCUT2D eigenvalue weighted by Crippen LogP contribution is 2.25. The molecule has 0 aromatic heterocycles. The molecule has 1 saturated heterocycles. The van der Waals surface area contributed by atoms with E-state index in [0.29, 0.717) is 4.90 Å². The molecule has 1 heterocycles. The smallest absolute Gasteiger partial charge is 0.341 e. The van der Waals surface area contributed by atoms with Crippen molar-refractivity contribution in [1.29, 1.82) is 0 Å². The van der Waals surface area contributed by atoms with Crippen molar-refractivity contribution in [2.45, 2.75) is 12.6 Å². The van der Waals surface area contributed by atoms with Gasteiger partial charge in [0, 0.05) is 13.0 Å². The number of hydrogen-bond acceptors (Lipinski definition) is 3. The fourth-order valence-corrected chi connectivity index (χ4v) is 2.57. The lowest BCUT2D eigenvalue weighted by atomic mass is 10.1. The molecule has 9 heteroatoms. The third kappa shape index (κ3) is 4.99. The van der Waals surface area contributed by atoms with Crippen molar-refractivity contribution in [3.63, 3.8) is 0 Å². The van der Waals surface area contributed by atoms with Crippen LogP contribution >= 0.6 is 0 Å². The Hall–Kier alpha value is -3.02. The Bertz CT molecular complexity index is 756. The molecule has 1 aliphatic rings. The van der Waals surface area contributed by atoms with E-state index in [4.69, 9.17) is 6.42 Å². The maximum atomic E-state index is 12.4. The summed E-state index contributed by atoms with van der Waals surface area (Å²) in [5, 5.41) is 4.96. The van der Waals surface area contributed by atoms with Gasteiger partial charge in [-0.2, -0.15) is 13.2 Å². The number of terminal acetylenes is 1. The van der Waals surface area contributed by atoms with Gasteiger partial charge in [-0.15, -0.1) is 6.42 Å². The summed E-state index contributed by atoms with van der Waals surface area (Å²) in [6.45, 7) is -1.71. The van der Waals surface area contributed by atoms with E-state index in [1.54, 1.807) is 12.1 Å². The van der Waals surface area contributed by atoms with Gasteiger partial charge in [0.25, 0.3) is 5.91 Å². The molecule has 1 unspecified atom stereocenters. The molecule has 2 N–H and O–H groups in total. The van der Waals surface area contributed by atoms with Gasteiger partial charge in [0.2, 0.25) is 11.8 Å². The number of rotatable bonds is 5. The van der Waals surface area contributed by atoms with Crippen molar-refractivity contribution in [3.8, 4) is 12.3 Å². The number of anilines is 1. The van der Waals surface area contributed by atoms with Gasteiger partial charge in [-0.3, -0.25) is 14.4 Å². The van der Waals surface area contributed by atoms with E-state index in [1.807, 2.05) is 0 Å². The summed E-state index contributed by atoms with van der Waals surface area (Å²) in [5.74, 6) is -0.535. The summed E-state index contributed by atoms with van der Waals surface area (Å²) in [5.41, 5.74) is 0.348. The van der Waals surface area contributed by atoms with Crippen molar-refractivity contribution >= 4 is 23.4 Å². The first-order chi connectivity index (χ1) is 12.2. The molecule has 0 saturated carbocycles. The molecule has 1 aliphatic heterocycles. The number of amides is 3. The van der Waals surface area contributed by atoms with Crippen LogP contribution in [0.1, 0.15) is 16.8 Å². The van der Waals surface area contributed by atoms with Crippen LogP contribution in [0, 0.1) is 18.3 Å². The second kappa shape index (κ2) is 7.91. The second-order valence-electron chi connectivity index (χ2n) is 5.71. The zero-order valence-electron chi connectivity index (χ0n) is 13.6. The second-order valence-corrected chi connectivity index (χ2v) is 5.71. The number of carbonyl (C=O) groups excluding carboxylic acids is 3. The van der Waals surface area contributed by atoms with Crippen molar-refractivity contribution in [2.24, 2.45) is 5.92 Å². The molecule has 0 spiro atoms. The van der Waals surface area contributed by atoms with Crippen LogP contribution in [0.2, 0.25) is 0 Å². The van der Waals surface area contributed by atoms with Gasteiger partial charge in [0.1, 0.15) is 6.54 Å². The molecule has 1 aromatic rings. The molecular weight excluding hydrogens is 351 g/mol. The lowest BCUT2D eigenvalue weighted by Gasteiger charge is -2.18. The molecule has 6 nitrogen and oxygen atoms in total. The average molecular weight is 367 g/mol. The van der Waals surface area contributed by atoms with Crippen LogP contribution in [0.15, 0.2) is 24.3 Å². The zero-order valence-corrected chi connectivity index (χ0v) is 13.6. The highest BCUT2D eigenvalue weighted by molar-refractivity contribution is 6.05. The first-order valence-electron chi connectivity index (χ1n) is 7.67. The summed E-state index contributed by atoms with van der Waals surface area (Å²) in [4.78, 5) is 36.7. The number of halogens is 3. The topological polar surface area (TPSA) is 78.5 Å². The van der Waals surface area contributed by atoms with Crippen LogP contribution in [-0.4, -0.2) is 48.4 Å². The number of alkyl halides is 3. The number of likely N-dealkylation sites (tertiary alicyclic amines) is 1. The van der Waals surface area contributed by atoms with Crippen LogP contribution in [0.4, 0.5) is 18.9 Å². The molecular formula is C17H16F3N3O3. The van der Waals surface area contributed by atoms with Gasteiger partial charge < -0.3 is 15.5 Å². The molecule has 2 rings (SSSR count). The van der Waals surface area contributed by atoms with Gasteiger partial charge in [-0.25, -0.2) is 0 Å². The molecule has 0 aliphatic carbocycles. The highest BCUT2D eigenvalue weighted by Gasteiger charge is 2.40. The minimum Gasteiger partial charge on any atom is -0.341 e.